The van der Waals surface area contributed by atoms with Crippen molar-refractivity contribution < 1.29 is 13.2 Å². The molecule has 0 aliphatic heterocycles. The van der Waals surface area contributed by atoms with Crippen molar-refractivity contribution >= 4 is 54.2 Å². The minimum Gasteiger partial charge on any atom is -0.279 e. The van der Waals surface area contributed by atoms with Crippen molar-refractivity contribution in [1.82, 2.24) is 4.98 Å². The summed E-state index contributed by atoms with van der Waals surface area (Å²) in [6.45, 7) is 1.87. The molecule has 0 aliphatic carbocycles. The number of thioether (sulfide) groups is 1. The highest BCUT2D eigenvalue weighted by atomic mass is 32.2. The maximum atomic E-state index is 13.8. The zero-order chi connectivity index (χ0) is 22.7. The van der Waals surface area contributed by atoms with Gasteiger partial charge in [-0.05, 0) is 42.2 Å². The number of sulfone groups is 1. The Hall–Kier alpha value is -2.68. The van der Waals surface area contributed by atoms with E-state index in [-0.39, 0.29) is 28.7 Å². The van der Waals surface area contributed by atoms with Crippen LogP contribution in [-0.2, 0) is 16.4 Å². The Bertz CT molecular complexity index is 1370. The number of hydrogen-bond donors (Lipinski definition) is 0. The summed E-state index contributed by atoms with van der Waals surface area (Å²) in [5.74, 6) is -0.459. The standard InChI is InChI=1S/C24H22N2O3S3/c1-3-32(28,29)22-12-8-7-11-19(22)23(27)26(16-17-9-5-4-6-10-17)24-25-20-14-13-18(30-2)15-21(20)31-24/h4-15H,3,16H2,1-2H3. The summed E-state index contributed by atoms with van der Waals surface area (Å²) in [7, 11) is -3.56. The first-order valence-electron chi connectivity index (χ1n) is 10.0. The zero-order valence-corrected chi connectivity index (χ0v) is 20.1. The summed E-state index contributed by atoms with van der Waals surface area (Å²) in [5, 5.41) is 0.538. The number of fused-ring (bicyclic) bond motifs is 1. The number of benzene rings is 3. The first kappa shape index (κ1) is 22.5. The summed E-state index contributed by atoms with van der Waals surface area (Å²) in [6.07, 6.45) is 2.01. The van der Waals surface area contributed by atoms with Gasteiger partial charge in [-0.15, -0.1) is 11.8 Å². The Morgan fingerprint density at radius 3 is 2.47 bits per heavy atom. The van der Waals surface area contributed by atoms with E-state index < -0.39 is 9.84 Å². The lowest BCUT2D eigenvalue weighted by molar-refractivity contribution is 0.0982. The third-order valence-corrected chi connectivity index (χ3v) is 8.63. The lowest BCUT2D eigenvalue weighted by Gasteiger charge is -2.21. The van der Waals surface area contributed by atoms with E-state index in [1.807, 2.05) is 48.7 Å². The largest absolute Gasteiger partial charge is 0.279 e. The quantitative estimate of drug-likeness (QED) is 0.318. The molecule has 3 aromatic carbocycles. The zero-order valence-electron chi connectivity index (χ0n) is 17.7. The van der Waals surface area contributed by atoms with Gasteiger partial charge in [0.15, 0.2) is 15.0 Å². The van der Waals surface area contributed by atoms with Crippen molar-refractivity contribution in [3.05, 3.63) is 83.9 Å². The predicted octanol–water partition coefficient (Wildman–Crippen LogP) is 5.66. The summed E-state index contributed by atoms with van der Waals surface area (Å²) in [6, 6.07) is 22.0. The highest BCUT2D eigenvalue weighted by Gasteiger charge is 2.27. The van der Waals surface area contributed by atoms with Crippen molar-refractivity contribution in [2.75, 3.05) is 16.9 Å². The third-order valence-electron chi connectivity index (χ3n) is 5.08. The maximum Gasteiger partial charge on any atom is 0.261 e. The fourth-order valence-corrected chi connectivity index (χ4v) is 5.95. The number of carbonyl (C=O) groups is 1. The van der Waals surface area contributed by atoms with Crippen molar-refractivity contribution in [3.8, 4) is 0 Å². The molecule has 1 amide bonds. The second kappa shape index (κ2) is 9.44. The van der Waals surface area contributed by atoms with Crippen molar-refractivity contribution in [2.45, 2.75) is 23.3 Å². The molecule has 0 spiro atoms. The van der Waals surface area contributed by atoms with E-state index in [0.717, 1.165) is 20.7 Å². The van der Waals surface area contributed by atoms with Crippen LogP contribution in [0.1, 0.15) is 22.8 Å². The molecule has 0 fully saturated rings. The van der Waals surface area contributed by atoms with Crippen LogP contribution in [0, 0.1) is 0 Å². The Kier molecular flexibility index (Phi) is 6.64. The monoisotopic (exact) mass is 482 g/mol. The van der Waals surface area contributed by atoms with Gasteiger partial charge in [0, 0.05) is 4.90 Å². The molecule has 0 saturated carbocycles. The third kappa shape index (κ3) is 4.57. The summed E-state index contributed by atoms with van der Waals surface area (Å²) in [4.78, 5) is 21.2. The molecule has 4 rings (SSSR count). The number of amides is 1. The topological polar surface area (TPSA) is 67.3 Å². The number of aromatic nitrogens is 1. The lowest BCUT2D eigenvalue weighted by Crippen LogP contribution is -2.31. The second-order valence-corrected chi connectivity index (χ2v) is 11.2. The molecule has 4 aromatic rings. The molecule has 0 unspecified atom stereocenters. The van der Waals surface area contributed by atoms with Gasteiger partial charge in [0.2, 0.25) is 0 Å². The van der Waals surface area contributed by atoms with Gasteiger partial charge in [0.1, 0.15) is 0 Å². The Balaban J connectivity index is 1.83. The van der Waals surface area contributed by atoms with E-state index in [1.165, 1.54) is 17.4 Å². The first-order chi connectivity index (χ1) is 15.4. The van der Waals surface area contributed by atoms with Gasteiger partial charge in [-0.3, -0.25) is 9.69 Å². The molecule has 8 heteroatoms. The van der Waals surface area contributed by atoms with Crippen LogP contribution >= 0.6 is 23.1 Å². The summed E-state index contributed by atoms with van der Waals surface area (Å²) in [5.41, 5.74) is 1.90. The molecular weight excluding hydrogens is 460 g/mol. The maximum absolute atomic E-state index is 13.8. The molecule has 164 valence electrons. The van der Waals surface area contributed by atoms with E-state index in [2.05, 4.69) is 6.07 Å². The van der Waals surface area contributed by atoms with Crippen molar-refractivity contribution in [1.29, 1.82) is 0 Å². The molecule has 0 N–H and O–H groups in total. The van der Waals surface area contributed by atoms with E-state index in [4.69, 9.17) is 4.98 Å². The Morgan fingerprint density at radius 1 is 1.03 bits per heavy atom. The molecule has 0 bridgehead atoms. The SMILES string of the molecule is CCS(=O)(=O)c1ccccc1C(=O)N(Cc1ccccc1)c1nc2ccc(SC)cc2s1. The molecular formula is C24H22N2O3S3. The van der Waals surface area contributed by atoms with Gasteiger partial charge >= 0.3 is 0 Å². The van der Waals surface area contributed by atoms with Crippen LogP contribution in [0.2, 0.25) is 0 Å². The van der Waals surface area contributed by atoms with Gasteiger partial charge in [0.25, 0.3) is 5.91 Å². The van der Waals surface area contributed by atoms with Gasteiger partial charge in [-0.2, -0.15) is 0 Å². The van der Waals surface area contributed by atoms with Crippen LogP contribution < -0.4 is 4.90 Å². The first-order valence-corrected chi connectivity index (χ1v) is 13.7. The highest BCUT2D eigenvalue weighted by molar-refractivity contribution is 7.98. The minimum absolute atomic E-state index is 0.0522. The fraction of sp³-hybridized carbons (Fsp3) is 0.167. The number of thiazole rings is 1. The van der Waals surface area contributed by atoms with E-state index >= 15 is 0 Å². The van der Waals surface area contributed by atoms with Crippen LogP contribution in [0.3, 0.4) is 0 Å². The number of anilines is 1. The molecule has 5 nitrogen and oxygen atoms in total. The lowest BCUT2D eigenvalue weighted by atomic mass is 10.1. The average molecular weight is 483 g/mol. The minimum atomic E-state index is -3.56. The number of nitrogens with zero attached hydrogens (tertiary/aromatic N) is 2. The van der Waals surface area contributed by atoms with Gasteiger partial charge < -0.3 is 0 Å². The fourth-order valence-electron chi connectivity index (χ4n) is 3.34. The second-order valence-electron chi connectivity index (χ2n) is 7.11. The van der Waals surface area contributed by atoms with Gasteiger partial charge in [-0.1, -0.05) is 60.7 Å². The number of rotatable bonds is 7. The highest BCUT2D eigenvalue weighted by Crippen LogP contribution is 2.33. The molecule has 1 heterocycles. The van der Waals surface area contributed by atoms with Gasteiger partial charge in [-0.25, -0.2) is 13.4 Å². The van der Waals surface area contributed by atoms with Gasteiger partial charge in [0.05, 0.1) is 33.0 Å². The molecule has 1 aromatic heterocycles. The molecule has 32 heavy (non-hydrogen) atoms. The number of carbonyl (C=O) groups excluding carboxylic acids is 1. The molecule has 0 saturated heterocycles. The van der Waals surface area contributed by atoms with Crippen LogP contribution in [0.15, 0.2) is 82.6 Å². The predicted molar refractivity (Wildman–Crippen MR) is 133 cm³/mol. The molecule has 0 aliphatic rings. The van der Waals surface area contributed by atoms with Crippen molar-refractivity contribution in [2.24, 2.45) is 0 Å². The van der Waals surface area contributed by atoms with Crippen LogP contribution in [0.4, 0.5) is 5.13 Å². The van der Waals surface area contributed by atoms with Crippen LogP contribution in [-0.4, -0.2) is 31.3 Å². The van der Waals surface area contributed by atoms with E-state index in [1.54, 1.807) is 41.8 Å². The smallest absolute Gasteiger partial charge is 0.261 e. The Labute approximate surface area is 196 Å². The summed E-state index contributed by atoms with van der Waals surface area (Å²) >= 11 is 3.07. The van der Waals surface area contributed by atoms with Crippen molar-refractivity contribution in [3.63, 3.8) is 0 Å². The van der Waals surface area contributed by atoms with Crippen LogP contribution in [0.5, 0.6) is 0 Å². The average Bonchev–Trinajstić information content (AvgIpc) is 3.25. The van der Waals surface area contributed by atoms with E-state index in [0.29, 0.717) is 5.13 Å². The summed E-state index contributed by atoms with van der Waals surface area (Å²) < 4.78 is 26.3. The van der Waals surface area contributed by atoms with Crippen LogP contribution in [0.25, 0.3) is 10.2 Å². The normalized spacial score (nSPS) is 11.6. The Morgan fingerprint density at radius 2 is 1.75 bits per heavy atom. The molecule has 0 atom stereocenters. The van der Waals surface area contributed by atoms with E-state index in [9.17, 15) is 13.2 Å². The molecule has 0 radical (unpaired) electrons. The number of hydrogen-bond acceptors (Lipinski definition) is 6.